The van der Waals surface area contributed by atoms with Crippen molar-refractivity contribution in [3.63, 3.8) is 0 Å². The summed E-state index contributed by atoms with van der Waals surface area (Å²) in [5.74, 6) is -0.946. The number of amides is 2. The minimum absolute atomic E-state index is 0.190. The van der Waals surface area contributed by atoms with E-state index in [4.69, 9.17) is 5.11 Å². The normalized spacial score (nSPS) is 18.4. The lowest BCUT2D eigenvalue weighted by molar-refractivity contribution is -0.131. The fourth-order valence-corrected chi connectivity index (χ4v) is 9.03. The number of carboxylic acids is 1. The van der Waals surface area contributed by atoms with E-state index in [1.54, 1.807) is 35.6 Å². The Kier molecular flexibility index (Phi) is 8.77. The van der Waals surface area contributed by atoms with Crippen LogP contribution in [0.2, 0.25) is 0 Å². The van der Waals surface area contributed by atoms with E-state index in [1.807, 2.05) is 0 Å². The molecule has 2 amide bonds. The molecule has 0 saturated heterocycles. The molecule has 2 aromatic carbocycles. The fraction of sp³-hybridized carbons (Fsp3) is 0.395. The summed E-state index contributed by atoms with van der Waals surface area (Å²) in [6.07, 6.45) is 11.6. The lowest BCUT2D eigenvalue weighted by Gasteiger charge is -2.29. The molecule has 47 heavy (non-hydrogen) atoms. The van der Waals surface area contributed by atoms with Crippen LogP contribution < -0.4 is 10.6 Å². The second kappa shape index (κ2) is 13.1. The van der Waals surface area contributed by atoms with Crippen molar-refractivity contribution in [1.29, 1.82) is 0 Å². The average molecular weight is 651 g/mol. The molecule has 0 spiro atoms. The number of nitrogens with one attached hydrogen (secondary N) is 2. The van der Waals surface area contributed by atoms with Gasteiger partial charge < -0.3 is 25.2 Å². The second-order valence-electron chi connectivity index (χ2n) is 13.5. The summed E-state index contributed by atoms with van der Waals surface area (Å²) in [4.78, 5) is 41.7. The molecule has 0 bridgehead atoms. The van der Waals surface area contributed by atoms with Crippen molar-refractivity contribution in [2.45, 2.75) is 82.3 Å². The minimum Gasteiger partial charge on any atom is -0.478 e. The van der Waals surface area contributed by atoms with Crippen molar-refractivity contribution in [3.8, 4) is 11.3 Å². The standard InChI is InChI=1S/C38H42N4O4S/c1-41-21-22-42-30-23-31(47-35(30)33(26-9-3-2-4-10-26)34(42)29-12-6-5-11-27(29)24-41)36(45)40-38(19-7-8-20-38)37(46)39-28-16-13-25(14-17-28)15-18-32(43)44/h5-6,11-18,23,26H,2-4,7-10,19-22,24H2,1H3,(H,39,46)(H,40,45)(H,43,44). The van der Waals surface area contributed by atoms with Gasteiger partial charge in [0.25, 0.3) is 5.91 Å². The summed E-state index contributed by atoms with van der Waals surface area (Å²) < 4.78 is 3.69. The topological polar surface area (TPSA) is 104 Å². The fourth-order valence-electron chi connectivity index (χ4n) is 7.84. The Morgan fingerprint density at radius 1 is 0.957 bits per heavy atom. The van der Waals surface area contributed by atoms with Crippen LogP contribution in [0.4, 0.5) is 5.69 Å². The molecule has 3 N–H and O–H groups in total. The smallest absolute Gasteiger partial charge is 0.328 e. The van der Waals surface area contributed by atoms with Crippen LogP contribution in [0.15, 0.2) is 60.7 Å². The number of hydrogen-bond donors (Lipinski definition) is 3. The first-order valence-electron chi connectivity index (χ1n) is 16.9. The van der Waals surface area contributed by atoms with Crippen LogP contribution in [-0.2, 0) is 22.7 Å². The highest BCUT2D eigenvalue weighted by atomic mass is 32.1. The van der Waals surface area contributed by atoms with E-state index >= 15 is 0 Å². The molecule has 0 unspecified atom stereocenters. The van der Waals surface area contributed by atoms with Crippen molar-refractivity contribution >= 4 is 51.1 Å². The number of aromatic nitrogens is 1. The van der Waals surface area contributed by atoms with Gasteiger partial charge in [-0.2, -0.15) is 0 Å². The van der Waals surface area contributed by atoms with Gasteiger partial charge in [-0.3, -0.25) is 9.59 Å². The summed E-state index contributed by atoms with van der Waals surface area (Å²) in [7, 11) is 2.17. The molecule has 1 aliphatic heterocycles. The maximum Gasteiger partial charge on any atom is 0.328 e. The highest BCUT2D eigenvalue weighted by Gasteiger charge is 2.43. The lowest BCUT2D eigenvalue weighted by atomic mass is 9.82. The maximum atomic E-state index is 14.1. The van der Waals surface area contributed by atoms with Crippen LogP contribution in [-0.4, -0.2) is 51.5 Å². The van der Waals surface area contributed by atoms with E-state index < -0.39 is 11.5 Å². The van der Waals surface area contributed by atoms with Crippen LogP contribution >= 0.6 is 11.3 Å². The number of likely N-dealkylation sites (N-methyl/N-ethyl adjacent to an activating group) is 1. The number of nitrogens with zero attached hydrogens (tertiary/aromatic N) is 2. The van der Waals surface area contributed by atoms with Gasteiger partial charge in [-0.1, -0.05) is 68.5 Å². The molecule has 9 heteroatoms. The SMILES string of the molecule is CN1CCn2c(c(C3CCCCC3)c3sc(C(=O)NC4(C(=O)Nc5ccc(C=CC(=O)O)cc5)CCCC4)cc32)-c2ccccc2C1. The van der Waals surface area contributed by atoms with Crippen LogP contribution in [0.25, 0.3) is 27.6 Å². The molecule has 7 rings (SSSR count). The minimum atomic E-state index is -1.02. The molecule has 8 nitrogen and oxygen atoms in total. The molecule has 244 valence electrons. The Morgan fingerprint density at radius 3 is 2.45 bits per heavy atom. The molecule has 2 fully saturated rings. The predicted octanol–water partition coefficient (Wildman–Crippen LogP) is 7.64. The highest BCUT2D eigenvalue weighted by Crippen LogP contribution is 2.48. The Morgan fingerprint density at radius 2 is 1.70 bits per heavy atom. The van der Waals surface area contributed by atoms with Gasteiger partial charge in [-0.15, -0.1) is 11.3 Å². The number of benzene rings is 2. The number of carbonyl (C=O) groups excluding carboxylic acids is 2. The van der Waals surface area contributed by atoms with Gasteiger partial charge in [-0.05, 0) is 79.6 Å². The zero-order valence-electron chi connectivity index (χ0n) is 26.9. The molecule has 0 radical (unpaired) electrons. The molecular formula is C38H42N4O4S. The van der Waals surface area contributed by atoms with E-state index in [2.05, 4.69) is 57.5 Å². The Bertz CT molecular complexity index is 1840. The van der Waals surface area contributed by atoms with Gasteiger partial charge in [0.15, 0.2) is 0 Å². The second-order valence-corrected chi connectivity index (χ2v) is 14.5. The number of fused-ring (bicyclic) bond motifs is 5. The summed E-state index contributed by atoms with van der Waals surface area (Å²) >= 11 is 1.59. The van der Waals surface area contributed by atoms with Crippen molar-refractivity contribution in [2.75, 3.05) is 18.9 Å². The van der Waals surface area contributed by atoms with Crippen molar-refractivity contribution in [1.82, 2.24) is 14.8 Å². The third-order valence-electron chi connectivity index (χ3n) is 10.3. The Hall–Kier alpha value is -4.21. The molecule has 4 aromatic rings. The van der Waals surface area contributed by atoms with Crippen LogP contribution in [0.1, 0.15) is 90.1 Å². The zero-order chi connectivity index (χ0) is 32.5. The third-order valence-corrected chi connectivity index (χ3v) is 11.4. The van der Waals surface area contributed by atoms with Gasteiger partial charge in [0.1, 0.15) is 5.54 Å². The molecular weight excluding hydrogens is 609 g/mol. The molecule has 3 heterocycles. The van der Waals surface area contributed by atoms with Crippen molar-refractivity contribution in [2.24, 2.45) is 0 Å². The van der Waals surface area contributed by atoms with E-state index in [0.717, 1.165) is 49.6 Å². The molecule has 2 aliphatic carbocycles. The number of carboxylic acid groups (broad SMARTS) is 1. The highest BCUT2D eigenvalue weighted by molar-refractivity contribution is 7.21. The Balaban J connectivity index is 1.21. The van der Waals surface area contributed by atoms with Crippen LogP contribution in [0.3, 0.4) is 0 Å². The van der Waals surface area contributed by atoms with Gasteiger partial charge in [0.05, 0.1) is 20.8 Å². The molecule has 2 saturated carbocycles. The number of carbonyl (C=O) groups is 3. The van der Waals surface area contributed by atoms with E-state index in [1.165, 1.54) is 65.3 Å². The largest absolute Gasteiger partial charge is 0.478 e. The monoisotopic (exact) mass is 650 g/mol. The summed E-state index contributed by atoms with van der Waals surface area (Å²) in [6, 6.07) is 17.9. The average Bonchev–Trinajstić information content (AvgIpc) is 3.79. The summed E-state index contributed by atoms with van der Waals surface area (Å²) in [6.45, 7) is 2.70. The van der Waals surface area contributed by atoms with Crippen molar-refractivity contribution < 1.29 is 19.5 Å². The van der Waals surface area contributed by atoms with Gasteiger partial charge in [-0.25, -0.2) is 4.79 Å². The van der Waals surface area contributed by atoms with Crippen LogP contribution in [0, 0.1) is 0 Å². The predicted molar refractivity (Wildman–Crippen MR) is 188 cm³/mol. The number of thiophene rings is 1. The first kappa shape index (κ1) is 31.4. The van der Waals surface area contributed by atoms with Gasteiger partial charge in [0.2, 0.25) is 5.91 Å². The summed E-state index contributed by atoms with van der Waals surface area (Å²) in [5.41, 5.74) is 6.87. The van der Waals surface area contributed by atoms with E-state index in [-0.39, 0.29) is 11.8 Å². The first-order chi connectivity index (χ1) is 22.8. The molecule has 0 atom stereocenters. The third kappa shape index (κ3) is 6.26. The van der Waals surface area contributed by atoms with E-state index in [0.29, 0.717) is 29.3 Å². The quantitative estimate of drug-likeness (QED) is 0.178. The maximum absolute atomic E-state index is 14.1. The number of anilines is 1. The first-order valence-corrected chi connectivity index (χ1v) is 17.7. The van der Waals surface area contributed by atoms with Crippen LogP contribution in [0.5, 0.6) is 0 Å². The van der Waals surface area contributed by atoms with E-state index in [9.17, 15) is 14.4 Å². The number of aliphatic carboxylic acids is 1. The lowest BCUT2D eigenvalue weighted by Crippen LogP contribution is -2.54. The summed E-state index contributed by atoms with van der Waals surface area (Å²) in [5, 5.41) is 15.1. The Labute approximate surface area is 279 Å². The van der Waals surface area contributed by atoms with Gasteiger partial charge in [0, 0.05) is 37.0 Å². The molecule has 3 aliphatic rings. The number of rotatable bonds is 7. The zero-order valence-corrected chi connectivity index (χ0v) is 27.7. The van der Waals surface area contributed by atoms with Gasteiger partial charge >= 0.3 is 5.97 Å². The number of hydrogen-bond acceptors (Lipinski definition) is 5. The molecule has 2 aromatic heterocycles. The van der Waals surface area contributed by atoms with Crippen molar-refractivity contribution in [3.05, 3.63) is 82.2 Å².